The molecule has 0 aliphatic rings. The van der Waals surface area contributed by atoms with E-state index in [2.05, 4.69) is 19.7 Å². The molecule has 0 aliphatic carbocycles. The Morgan fingerprint density at radius 2 is 1.82 bits per heavy atom. The summed E-state index contributed by atoms with van der Waals surface area (Å²) < 4.78 is 4.25. The number of hydrogen-bond donors (Lipinski definition) is 3. The number of H-pyrrole nitrogens is 1. The third kappa shape index (κ3) is 3.21. The van der Waals surface area contributed by atoms with Crippen LogP contribution in [0.1, 0.15) is 5.56 Å². The smallest absolute Gasteiger partial charge is 0.163 e. The molecular weight excluding hydrogens is 298 g/mol. The lowest BCUT2D eigenvalue weighted by Gasteiger charge is -2.03. The van der Waals surface area contributed by atoms with Gasteiger partial charge in [-0.2, -0.15) is 0 Å². The van der Waals surface area contributed by atoms with Gasteiger partial charge >= 0.3 is 0 Å². The maximum atomic E-state index is 5.99. The zero-order chi connectivity index (χ0) is 16.1. The van der Waals surface area contributed by atoms with Crippen LogP contribution in [-0.4, -0.2) is 34.2 Å². The summed E-state index contributed by atoms with van der Waals surface area (Å²) in [6, 6.07) is 9.64. The Kier molecular flexibility index (Phi) is 5.03. The van der Waals surface area contributed by atoms with E-state index in [0.717, 1.165) is 5.56 Å². The van der Waals surface area contributed by atoms with Crippen molar-refractivity contribution in [2.75, 3.05) is 20.0 Å². The van der Waals surface area contributed by atoms with Crippen molar-refractivity contribution in [1.82, 2.24) is 15.0 Å². The third-order valence-corrected chi connectivity index (χ3v) is 3.08. The van der Waals surface area contributed by atoms with E-state index in [1.54, 1.807) is 20.4 Å². The van der Waals surface area contributed by atoms with Gasteiger partial charge in [0.05, 0.1) is 5.39 Å². The minimum absolute atomic E-state index is 0.272. The minimum atomic E-state index is 0.272. The number of benzene rings is 1. The van der Waals surface area contributed by atoms with Gasteiger partial charge in [-0.05, 0) is 0 Å². The van der Waals surface area contributed by atoms with E-state index < -0.39 is 0 Å². The van der Waals surface area contributed by atoms with Crippen LogP contribution in [0.5, 0.6) is 0 Å². The number of aromatic amines is 1. The Labute approximate surface area is 133 Å². The van der Waals surface area contributed by atoms with Crippen LogP contribution in [0, 0.1) is 0 Å². The molecule has 0 saturated carbocycles. The fourth-order valence-corrected chi connectivity index (χ4v) is 2.13. The third-order valence-electron chi connectivity index (χ3n) is 2.86. The van der Waals surface area contributed by atoms with Gasteiger partial charge in [-0.3, -0.25) is 0 Å². The zero-order valence-corrected chi connectivity index (χ0v) is 13.1. The SMILES string of the molecule is COC.NC(=S)c1c[nH]c2nc(-c3ccccc3)nc(N)c12. The number of aromatic nitrogens is 3. The lowest BCUT2D eigenvalue weighted by molar-refractivity contribution is 0.277. The van der Waals surface area contributed by atoms with Gasteiger partial charge in [0, 0.05) is 31.5 Å². The molecule has 3 rings (SSSR count). The van der Waals surface area contributed by atoms with E-state index in [1.165, 1.54) is 0 Å². The Balaban J connectivity index is 0.000000545. The van der Waals surface area contributed by atoms with Gasteiger partial charge in [-0.25, -0.2) is 9.97 Å². The summed E-state index contributed by atoms with van der Waals surface area (Å²) in [7, 11) is 3.25. The summed E-state index contributed by atoms with van der Waals surface area (Å²) >= 11 is 4.98. The van der Waals surface area contributed by atoms with Crippen molar-refractivity contribution >= 4 is 34.1 Å². The van der Waals surface area contributed by atoms with E-state index in [-0.39, 0.29) is 4.99 Å². The molecule has 2 heterocycles. The topological polar surface area (TPSA) is 103 Å². The predicted molar refractivity (Wildman–Crippen MR) is 92.6 cm³/mol. The fourth-order valence-electron chi connectivity index (χ4n) is 1.97. The van der Waals surface area contributed by atoms with Crippen LogP contribution in [0.3, 0.4) is 0 Å². The molecule has 0 radical (unpaired) electrons. The predicted octanol–water partition coefficient (Wildman–Crippen LogP) is 2.10. The van der Waals surface area contributed by atoms with Gasteiger partial charge in [0.2, 0.25) is 0 Å². The molecule has 6 nitrogen and oxygen atoms in total. The number of nitrogens with one attached hydrogen (secondary N) is 1. The first-order valence-corrected chi connectivity index (χ1v) is 6.89. The highest BCUT2D eigenvalue weighted by atomic mass is 32.1. The van der Waals surface area contributed by atoms with Crippen LogP contribution in [0.2, 0.25) is 0 Å². The summed E-state index contributed by atoms with van der Waals surface area (Å²) in [5, 5.41) is 0.673. The molecule has 0 spiro atoms. The molecule has 0 fully saturated rings. The first-order chi connectivity index (χ1) is 10.6. The molecule has 3 aromatic rings. The number of ether oxygens (including phenoxy) is 1. The van der Waals surface area contributed by atoms with Crippen LogP contribution in [0.4, 0.5) is 5.82 Å². The monoisotopic (exact) mass is 315 g/mol. The van der Waals surface area contributed by atoms with E-state index >= 15 is 0 Å². The standard InChI is InChI=1S/C13H11N5S.C2H6O/c14-10-9-8(11(15)19)6-16-13(9)18-12(17-10)7-4-2-1-3-5-7;1-3-2/h1-6H,(H2,15,19)(H3,14,16,17,18);1-2H3. The van der Waals surface area contributed by atoms with Crippen molar-refractivity contribution in [1.29, 1.82) is 0 Å². The van der Waals surface area contributed by atoms with Crippen LogP contribution >= 0.6 is 12.2 Å². The van der Waals surface area contributed by atoms with Crippen LogP contribution in [0.15, 0.2) is 36.5 Å². The summed E-state index contributed by atoms with van der Waals surface area (Å²) in [6.45, 7) is 0. The molecule has 0 saturated heterocycles. The van der Waals surface area contributed by atoms with Crippen LogP contribution < -0.4 is 11.5 Å². The molecule has 0 bridgehead atoms. The number of fused-ring (bicyclic) bond motifs is 1. The molecule has 114 valence electrons. The van der Waals surface area contributed by atoms with Crippen LogP contribution in [-0.2, 0) is 4.74 Å². The number of nitrogens with two attached hydrogens (primary N) is 2. The number of methoxy groups -OCH3 is 1. The quantitative estimate of drug-likeness (QED) is 0.626. The van der Waals surface area contributed by atoms with Gasteiger partial charge < -0.3 is 21.2 Å². The number of anilines is 1. The molecule has 2 aromatic heterocycles. The second-order valence-electron chi connectivity index (χ2n) is 4.50. The number of thiocarbonyl (C=S) groups is 1. The fraction of sp³-hybridized carbons (Fsp3) is 0.133. The summed E-state index contributed by atoms with van der Waals surface area (Å²) in [6.07, 6.45) is 1.70. The maximum absolute atomic E-state index is 5.99. The van der Waals surface area contributed by atoms with Crippen LogP contribution in [0.25, 0.3) is 22.4 Å². The molecule has 7 heteroatoms. The lowest BCUT2D eigenvalue weighted by Crippen LogP contribution is -2.09. The number of hydrogen-bond acceptors (Lipinski definition) is 5. The van der Waals surface area contributed by atoms with E-state index in [0.29, 0.717) is 28.2 Å². The van der Waals surface area contributed by atoms with Gasteiger partial charge in [-0.1, -0.05) is 42.5 Å². The van der Waals surface area contributed by atoms with Gasteiger partial charge in [0.15, 0.2) is 5.82 Å². The minimum Gasteiger partial charge on any atom is -0.389 e. The lowest BCUT2D eigenvalue weighted by atomic mass is 10.2. The molecule has 0 amide bonds. The van der Waals surface area contributed by atoms with Crippen molar-refractivity contribution < 1.29 is 4.74 Å². The molecule has 1 aromatic carbocycles. The van der Waals surface area contributed by atoms with Crippen molar-refractivity contribution in [2.24, 2.45) is 5.73 Å². The molecule has 0 unspecified atom stereocenters. The number of nitrogen functional groups attached to an aromatic ring is 1. The average molecular weight is 315 g/mol. The van der Waals surface area contributed by atoms with Crippen molar-refractivity contribution in [3.05, 3.63) is 42.1 Å². The second kappa shape index (κ2) is 6.97. The van der Waals surface area contributed by atoms with E-state index in [9.17, 15) is 0 Å². The summed E-state index contributed by atoms with van der Waals surface area (Å²) in [5.74, 6) is 0.940. The van der Waals surface area contributed by atoms with Gasteiger partial charge in [0.25, 0.3) is 0 Å². The van der Waals surface area contributed by atoms with Crippen molar-refractivity contribution in [3.63, 3.8) is 0 Å². The molecular formula is C15H17N5OS. The highest BCUT2D eigenvalue weighted by molar-refractivity contribution is 7.80. The zero-order valence-electron chi connectivity index (χ0n) is 12.3. The summed E-state index contributed by atoms with van der Waals surface area (Å²) in [5.41, 5.74) is 13.8. The molecule has 0 atom stereocenters. The van der Waals surface area contributed by atoms with Gasteiger partial charge in [0.1, 0.15) is 16.5 Å². The second-order valence-corrected chi connectivity index (χ2v) is 4.94. The van der Waals surface area contributed by atoms with Crippen molar-refractivity contribution in [3.8, 4) is 11.4 Å². The number of nitrogens with zero attached hydrogens (tertiary/aromatic N) is 2. The Bertz CT molecular complexity index is 785. The maximum Gasteiger partial charge on any atom is 0.163 e. The Morgan fingerprint density at radius 3 is 2.41 bits per heavy atom. The summed E-state index contributed by atoms with van der Waals surface area (Å²) in [4.78, 5) is 12.1. The highest BCUT2D eigenvalue weighted by Crippen LogP contribution is 2.25. The first-order valence-electron chi connectivity index (χ1n) is 6.48. The van der Waals surface area contributed by atoms with Gasteiger partial charge in [-0.15, -0.1) is 0 Å². The molecule has 0 aliphatic heterocycles. The molecule has 5 N–H and O–H groups in total. The Hall–Kier alpha value is -2.51. The largest absolute Gasteiger partial charge is 0.389 e. The normalized spacial score (nSPS) is 10.1. The average Bonchev–Trinajstić information content (AvgIpc) is 2.94. The molecule has 22 heavy (non-hydrogen) atoms. The number of rotatable bonds is 2. The van der Waals surface area contributed by atoms with E-state index in [1.807, 2.05) is 30.3 Å². The first kappa shape index (κ1) is 15.9. The highest BCUT2D eigenvalue weighted by Gasteiger charge is 2.13. The van der Waals surface area contributed by atoms with Crippen molar-refractivity contribution in [2.45, 2.75) is 0 Å². The van der Waals surface area contributed by atoms with E-state index in [4.69, 9.17) is 23.7 Å². The Morgan fingerprint density at radius 1 is 1.18 bits per heavy atom.